The van der Waals surface area contributed by atoms with Crippen LogP contribution < -0.4 is 0 Å². The van der Waals surface area contributed by atoms with Gasteiger partial charge in [-0.3, -0.25) is 0 Å². The van der Waals surface area contributed by atoms with Gasteiger partial charge in [0.2, 0.25) is 0 Å². The summed E-state index contributed by atoms with van der Waals surface area (Å²) in [5.41, 5.74) is 0. The number of hydrogen-bond donors (Lipinski definition) is 0. The van der Waals surface area contributed by atoms with E-state index in [4.69, 9.17) is 4.74 Å². The molecule has 0 aromatic rings. The smallest absolute Gasteiger partial charge is 0.270 e. The first kappa shape index (κ1) is 4.09. The molecule has 36 valence electrons. The van der Waals surface area contributed by atoms with Crippen LogP contribution in [0.4, 0.5) is 0 Å². The lowest BCUT2D eigenvalue weighted by atomic mass is 10.6. The molecule has 1 heterocycles. The molecule has 2 unspecified atom stereocenters. The molecule has 2 atom stereocenters. The largest absolute Gasteiger partial charge is 0.386 e. The van der Waals surface area contributed by atoms with Crippen LogP contribution in [0, 0.1) is 0 Å². The summed E-state index contributed by atoms with van der Waals surface area (Å²) in [6.07, 6.45) is 0.333. The van der Waals surface area contributed by atoms with Gasteiger partial charge in [0.1, 0.15) is 0 Å². The van der Waals surface area contributed by atoms with E-state index in [0.29, 0.717) is 0 Å². The molecule has 0 spiro atoms. The van der Waals surface area contributed by atoms with E-state index < -0.39 is 0 Å². The topological polar surface area (TPSA) is 22.0 Å². The predicted octanol–water partition coefficient (Wildman–Crippen LogP) is 0.237. The minimum atomic E-state index is 0.167. The lowest BCUT2D eigenvalue weighted by Gasteiger charge is -2.24. The third kappa shape index (κ3) is 0.533. The average molecular weight is 89.1 g/mol. The summed E-state index contributed by atoms with van der Waals surface area (Å²) in [5.74, 6) is 0. The van der Waals surface area contributed by atoms with Crippen molar-refractivity contribution >= 4 is 0 Å². The first-order chi connectivity index (χ1) is 2.79. The molecule has 0 aliphatic carbocycles. The first-order valence-corrected chi connectivity index (χ1v) is 2.14. The van der Waals surface area contributed by atoms with Crippen molar-refractivity contribution in [3.63, 3.8) is 0 Å². The van der Waals surface area contributed by atoms with Crippen molar-refractivity contribution in [2.75, 3.05) is 0 Å². The maximum absolute atomic E-state index is 4.97. The van der Waals surface area contributed by atoms with Gasteiger partial charge in [0.25, 0.3) is 12.6 Å². The lowest BCUT2D eigenvalue weighted by molar-refractivity contribution is -0.458. The summed E-state index contributed by atoms with van der Waals surface area (Å²) in [7, 11) is 0. The Morgan fingerprint density at radius 1 is 1.33 bits per heavy atom. The molecule has 0 bridgehead atoms. The molecule has 0 radical (unpaired) electrons. The summed E-state index contributed by atoms with van der Waals surface area (Å²) in [6, 6.07) is 0. The Kier molecular flexibility index (Phi) is 0.821. The fraction of sp³-hybridized carbons (Fsp3) is 1.00. The highest BCUT2D eigenvalue weighted by molar-refractivity contribution is 4.42. The lowest BCUT2D eigenvalue weighted by Crippen LogP contribution is -2.40. The highest BCUT2D eigenvalue weighted by Gasteiger charge is 2.27. The van der Waals surface area contributed by atoms with Gasteiger partial charge in [-0.15, -0.1) is 0 Å². The summed E-state index contributed by atoms with van der Waals surface area (Å²) < 4.78 is 8.97. The molecule has 0 aromatic carbocycles. The zero-order valence-corrected chi connectivity index (χ0v) is 4.01. The van der Waals surface area contributed by atoms with Crippen molar-refractivity contribution in [2.45, 2.75) is 26.4 Å². The molecule has 1 aliphatic heterocycles. The second kappa shape index (κ2) is 1.21. The van der Waals surface area contributed by atoms with Gasteiger partial charge < -0.3 is 4.74 Å². The molecule has 2 heteroatoms. The predicted molar refractivity (Wildman–Crippen MR) is 22.2 cm³/mol. The van der Waals surface area contributed by atoms with E-state index in [-0.39, 0.29) is 12.6 Å². The number of aliphatic hydroxyl groups is 2. The van der Waals surface area contributed by atoms with Crippen molar-refractivity contribution in [3.05, 3.63) is 0 Å². The van der Waals surface area contributed by atoms with E-state index in [9.17, 15) is 0 Å². The van der Waals surface area contributed by atoms with Crippen LogP contribution in [0.2, 0.25) is 0 Å². The van der Waals surface area contributed by atoms with Crippen molar-refractivity contribution in [2.24, 2.45) is 0 Å². The van der Waals surface area contributed by atoms with E-state index in [1.165, 1.54) is 0 Å². The van der Waals surface area contributed by atoms with Crippen molar-refractivity contribution in [1.82, 2.24) is 0 Å². The van der Waals surface area contributed by atoms with E-state index in [1.54, 1.807) is 0 Å². The molecular formula is C4H9O2+. The van der Waals surface area contributed by atoms with Crippen LogP contribution in [-0.4, -0.2) is 17.3 Å². The van der Waals surface area contributed by atoms with E-state index in [1.807, 2.05) is 13.8 Å². The van der Waals surface area contributed by atoms with Crippen LogP contribution in [0.15, 0.2) is 0 Å². The third-order valence-electron chi connectivity index (χ3n) is 0.814. The summed E-state index contributed by atoms with van der Waals surface area (Å²) in [5, 5.41) is 0. The Labute approximate surface area is 37.1 Å². The maximum atomic E-state index is 4.97. The van der Waals surface area contributed by atoms with Gasteiger partial charge in [0.15, 0.2) is 0 Å². The minimum absolute atomic E-state index is 0.167. The number of ether oxygens (including phenoxy) is 2. The van der Waals surface area contributed by atoms with Gasteiger partial charge in [-0.05, 0) is 0 Å². The molecule has 1 rings (SSSR count). The van der Waals surface area contributed by atoms with Gasteiger partial charge in [0, 0.05) is 13.8 Å². The van der Waals surface area contributed by atoms with Gasteiger partial charge in [-0.1, -0.05) is 0 Å². The van der Waals surface area contributed by atoms with Crippen molar-refractivity contribution in [3.8, 4) is 0 Å². The fourth-order valence-corrected chi connectivity index (χ4v) is 0.589. The Bertz CT molecular complexity index is 41.5. The average Bonchev–Trinajstić information content (AvgIpc) is 1.33. The highest BCUT2D eigenvalue weighted by atomic mass is 16.9. The maximum Gasteiger partial charge on any atom is 0.270 e. The van der Waals surface area contributed by atoms with Crippen LogP contribution in [0.25, 0.3) is 0 Å². The molecule has 0 saturated carbocycles. The molecule has 6 heavy (non-hydrogen) atoms. The normalized spacial score (nSPS) is 45.0. The minimum Gasteiger partial charge on any atom is -0.386 e. The highest BCUT2D eigenvalue weighted by Crippen LogP contribution is 2.09. The third-order valence-corrected chi connectivity index (χ3v) is 0.814. The molecule has 0 aromatic heterocycles. The van der Waals surface area contributed by atoms with Gasteiger partial charge >= 0.3 is 0 Å². The second-order valence-corrected chi connectivity index (χ2v) is 1.48. The fourth-order valence-electron chi connectivity index (χ4n) is 0.589. The van der Waals surface area contributed by atoms with E-state index in [2.05, 4.69) is 4.74 Å². The first-order valence-electron chi connectivity index (χ1n) is 2.14. The molecule has 2 nitrogen and oxygen atoms in total. The summed E-state index contributed by atoms with van der Waals surface area (Å²) >= 11 is 0. The summed E-state index contributed by atoms with van der Waals surface area (Å²) in [4.78, 5) is 0. The Balaban J connectivity index is 2.11. The van der Waals surface area contributed by atoms with Crippen molar-refractivity contribution < 1.29 is 9.47 Å². The monoisotopic (exact) mass is 89.1 g/mol. The van der Waals surface area contributed by atoms with E-state index in [0.717, 1.165) is 0 Å². The van der Waals surface area contributed by atoms with Gasteiger partial charge in [0.05, 0.1) is 0 Å². The SMILES string of the molecule is CC1OC(C)[OH+]1. The van der Waals surface area contributed by atoms with Gasteiger partial charge in [-0.25, -0.2) is 4.74 Å². The molecule has 1 fully saturated rings. The summed E-state index contributed by atoms with van der Waals surface area (Å²) in [6.45, 7) is 3.86. The molecule has 1 N–H and O–H groups in total. The molecule has 1 aliphatic rings. The Morgan fingerprint density at radius 3 is 1.67 bits per heavy atom. The van der Waals surface area contributed by atoms with Crippen LogP contribution in [-0.2, 0) is 4.74 Å². The zero-order valence-electron chi connectivity index (χ0n) is 4.01. The quantitative estimate of drug-likeness (QED) is 0.389. The van der Waals surface area contributed by atoms with Crippen molar-refractivity contribution in [1.29, 1.82) is 0 Å². The second-order valence-electron chi connectivity index (χ2n) is 1.48. The Morgan fingerprint density at radius 2 is 1.67 bits per heavy atom. The molecule has 1 saturated heterocycles. The molecule has 0 amide bonds. The molecular weight excluding hydrogens is 80.0 g/mol. The van der Waals surface area contributed by atoms with E-state index >= 15 is 0 Å². The number of rotatable bonds is 0. The Hall–Kier alpha value is -0.0800. The van der Waals surface area contributed by atoms with Crippen LogP contribution in [0.3, 0.4) is 0 Å². The zero-order chi connectivity index (χ0) is 4.57. The van der Waals surface area contributed by atoms with Crippen LogP contribution in [0.1, 0.15) is 13.8 Å². The number of hydrogen-bond acceptors (Lipinski definition) is 1. The van der Waals surface area contributed by atoms with Gasteiger partial charge in [-0.2, -0.15) is 0 Å². The standard InChI is InChI=1S/C4H8O2/c1-3-5-4(2)6-3/h3-4H,1-2H3/p+1. The van der Waals surface area contributed by atoms with Crippen LogP contribution >= 0.6 is 0 Å². The van der Waals surface area contributed by atoms with Crippen LogP contribution in [0.5, 0.6) is 0 Å².